The van der Waals surface area contributed by atoms with Gasteiger partial charge in [0.05, 0.1) is 13.2 Å². The molecule has 0 aliphatic carbocycles. The predicted molar refractivity (Wildman–Crippen MR) is 77.6 cm³/mol. The quantitative estimate of drug-likeness (QED) is 0.500. The number of phenolic OH excluding ortho intramolecular Hbond substituents is 1. The minimum absolute atomic E-state index is 0. The third kappa shape index (κ3) is 5.34. The molecule has 1 aromatic rings. The van der Waals surface area contributed by atoms with Crippen LogP contribution in [0.3, 0.4) is 0 Å². The second-order valence-corrected chi connectivity index (χ2v) is 4.73. The smallest absolute Gasteiger partial charge is 0.122 e. The van der Waals surface area contributed by atoms with Crippen molar-refractivity contribution in [2.75, 3.05) is 13.2 Å². The van der Waals surface area contributed by atoms with Crippen LogP contribution in [0, 0.1) is 6.92 Å². The van der Waals surface area contributed by atoms with Crippen LogP contribution in [0.25, 0.3) is 0 Å². The fourth-order valence-corrected chi connectivity index (χ4v) is 1.94. The molecule has 5 nitrogen and oxygen atoms in total. The van der Waals surface area contributed by atoms with Gasteiger partial charge in [0.15, 0.2) is 0 Å². The topological polar surface area (TPSA) is 113 Å². The lowest BCUT2D eigenvalue weighted by atomic mass is 9.96. The average Bonchev–Trinajstić information content (AvgIpc) is 2.34. The average molecular weight is 291 g/mol. The lowest BCUT2D eigenvalue weighted by Crippen LogP contribution is -2.28. The summed E-state index contributed by atoms with van der Waals surface area (Å²) in [6.07, 6.45) is 0.816. The van der Waals surface area contributed by atoms with Gasteiger partial charge in [0.1, 0.15) is 5.75 Å². The van der Waals surface area contributed by atoms with Gasteiger partial charge in [-0.15, -0.1) is 12.4 Å². The molecule has 2 unspecified atom stereocenters. The Hall–Kier alpha value is -0.850. The molecule has 2 atom stereocenters. The van der Waals surface area contributed by atoms with Crippen LogP contribution in [0.4, 0.5) is 0 Å². The SMILES string of the molecule is Cc1cc(CC(N)CO)c(O)c(CC(N)CO)c1.Cl. The van der Waals surface area contributed by atoms with Crippen LogP contribution in [0.15, 0.2) is 12.1 Å². The molecule has 0 heterocycles. The van der Waals surface area contributed by atoms with E-state index in [1.165, 1.54) is 0 Å². The van der Waals surface area contributed by atoms with Crippen LogP contribution in [0.5, 0.6) is 5.75 Å². The summed E-state index contributed by atoms with van der Waals surface area (Å²) in [6.45, 7) is 1.67. The number of benzene rings is 1. The Labute approximate surface area is 119 Å². The van der Waals surface area contributed by atoms with E-state index < -0.39 is 12.1 Å². The number of nitrogens with two attached hydrogens (primary N) is 2. The highest BCUT2D eigenvalue weighted by Gasteiger charge is 2.13. The summed E-state index contributed by atoms with van der Waals surface area (Å²) in [5, 5.41) is 28.0. The molecule has 0 radical (unpaired) electrons. The molecule has 0 bridgehead atoms. The Bertz CT molecular complexity index is 368. The number of aromatic hydroxyl groups is 1. The molecule has 1 rings (SSSR count). The summed E-state index contributed by atoms with van der Waals surface area (Å²) in [5.41, 5.74) is 13.8. The van der Waals surface area contributed by atoms with Gasteiger partial charge in [-0.25, -0.2) is 0 Å². The minimum atomic E-state index is -0.392. The van der Waals surface area contributed by atoms with Crippen molar-refractivity contribution in [1.82, 2.24) is 0 Å². The number of hydrogen-bond donors (Lipinski definition) is 5. The van der Waals surface area contributed by atoms with Crippen LogP contribution in [0.1, 0.15) is 16.7 Å². The monoisotopic (exact) mass is 290 g/mol. The summed E-state index contributed by atoms with van der Waals surface area (Å²) in [7, 11) is 0. The highest BCUT2D eigenvalue weighted by atomic mass is 35.5. The van der Waals surface area contributed by atoms with E-state index in [0.717, 1.165) is 5.56 Å². The van der Waals surface area contributed by atoms with Gasteiger partial charge in [-0.05, 0) is 30.9 Å². The predicted octanol–water partition coefficient (Wildman–Crippen LogP) is -0.153. The van der Waals surface area contributed by atoms with Gasteiger partial charge in [0, 0.05) is 12.1 Å². The maximum absolute atomic E-state index is 10.1. The fourth-order valence-electron chi connectivity index (χ4n) is 1.94. The first-order chi connectivity index (χ1) is 8.47. The zero-order valence-electron chi connectivity index (χ0n) is 11.0. The molecule has 1 aromatic carbocycles. The van der Waals surface area contributed by atoms with E-state index in [0.29, 0.717) is 24.0 Å². The van der Waals surface area contributed by atoms with Crippen LogP contribution < -0.4 is 11.5 Å². The Morgan fingerprint density at radius 3 is 1.68 bits per heavy atom. The second-order valence-electron chi connectivity index (χ2n) is 4.73. The third-order valence-electron chi connectivity index (χ3n) is 2.85. The zero-order valence-corrected chi connectivity index (χ0v) is 11.9. The Morgan fingerprint density at radius 2 is 1.37 bits per heavy atom. The zero-order chi connectivity index (χ0) is 13.7. The van der Waals surface area contributed by atoms with Gasteiger partial charge in [0.25, 0.3) is 0 Å². The van der Waals surface area contributed by atoms with Gasteiger partial charge in [-0.1, -0.05) is 17.7 Å². The van der Waals surface area contributed by atoms with Gasteiger partial charge in [0.2, 0.25) is 0 Å². The molecule has 0 saturated carbocycles. The molecule has 0 aliphatic heterocycles. The highest BCUT2D eigenvalue weighted by Crippen LogP contribution is 2.26. The number of rotatable bonds is 6. The van der Waals surface area contributed by atoms with Gasteiger partial charge in [-0.3, -0.25) is 0 Å². The van der Waals surface area contributed by atoms with Crippen LogP contribution in [-0.4, -0.2) is 40.6 Å². The van der Waals surface area contributed by atoms with Crippen molar-refractivity contribution in [3.63, 3.8) is 0 Å². The Balaban J connectivity index is 0.00000324. The van der Waals surface area contributed by atoms with Crippen molar-refractivity contribution in [3.8, 4) is 5.75 Å². The van der Waals surface area contributed by atoms with Crippen molar-refractivity contribution in [2.24, 2.45) is 11.5 Å². The van der Waals surface area contributed by atoms with E-state index >= 15 is 0 Å². The number of hydrogen-bond acceptors (Lipinski definition) is 5. The first-order valence-corrected chi connectivity index (χ1v) is 6.02. The van der Waals surface area contributed by atoms with E-state index in [4.69, 9.17) is 21.7 Å². The van der Waals surface area contributed by atoms with Gasteiger partial charge in [-0.2, -0.15) is 0 Å². The van der Waals surface area contributed by atoms with Gasteiger partial charge < -0.3 is 26.8 Å². The van der Waals surface area contributed by atoms with Crippen molar-refractivity contribution < 1.29 is 15.3 Å². The molecule has 0 aromatic heterocycles. The molecule has 0 aliphatic rings. The number of phenols is 1. The standard InChI is InChI=1S/C13H22N2O3.ClH/c1-8-2-9(4-11(14)6-16)13(18)10(3-8)5-12(15)7-17;/h2-3,11-12,16-18H,4-7,14-15H2,1H3;1H. The summed E-state index contributed by atoms with van der Waals surface area (Å²) in [4.78, 5) is 0. The molecule has 0 spiro atoms. The second kappa shape index (κ2) is 8.35. The summed E-state index contributed by atoms with van der Waals surface area (Å²) < 4.78 is 0. The summed E-state index contributed by atoms with van der Waals surface area (Å²) in [6, 6.07) is 2.91. The lowest BCUT2D eigenvalue weighted by Gasteiger charge is -2.16. The van der Waals surface area contributed by atoms with Crippen LogP contribution in [0.2, 0.25) is 0 Å². The molecule has 0 fully saturated rings. The lowest BCUT2D eigenvalue weighted by molar-refractivity contribution is 0.263. The molecule has 19 heavy (non-hydrogen) atoms. The van der Waals surface area contributed by atoms with E-state index in [9.17, 15) is 5.11 Å². The van der Waals surface area contributed by atoms with Crippen molar-refractivity contribution in [3.05, 3.63) is 28.8 Å². The Kier molecular flexibility index (Phi) is 7.97. The fraction of sp³-hybridized carbons (Fsp3) is 0.538. The van der Waals surface area contributed by atoms with Crippen LogP contribution in [-0.2, 0) is 12.8 Å². The number of aryl methyl sites for hydroxylation is 1. The van der Waals surface area contributed by atoms with E-state index in [2.05, 4.69) is 0 Å². The Morgan fingerprint density at radius 1 is 1.00 bits per heavy atom. The maximum atomic E-state index is 10.1. The molecular weight excluding hydrogens is 268 g/mol. The van der Waals surface area contributed by atoms with E-state index in [-0.39, 0.29) is 31.4 Å². The normalized spacial score (nSPS) is 13.7. The first kappa shape index (κ1) is 18.1. The molecule has 110 valence electrons. The van der Waals surface area contributed by atoms with Crippen molar-refractivity contribution in [2.45, 2.75) is 31.8 Å². The summed E-state index contributed by atoms with van der Waals surface area (Å²) >= 11 is 0. The number of halogens is 1. The van der Waals surface area contributed by atoms with E-state index in [1.807, 2.05) is 19.1 Å². The van der Waals surface area contributed by atoms with Crippen molar-refractivity contribution >= 4 is 12.4 Å². The molecule has 6 heteroatoms. The first-order valence-electron chi connectivity index (χ1n) is 6.02. The summed E-state index contributed by atoms with van der Waals surface area (Å²) in [5.74, 6) is 0.161. The minimum Gasteiger partial charge on any atom is -0.507 e. The number of aliphatic hydroxyl groups is 2. The molecular formula is C13H23ClN2O3. The van der Waals surface area contributed by atoms with Gasteiger partial charge >= 0.3 is 0 Å². The highest BCUT2D eigenvalue weighted by molar-refractivity contribution is 5.85. The number of aliphatic hydroxyl groups excluding tert-OH is 2. The maximum Gasteiger partial charge on any atom is 0.122 e. The van der Waals surface area contributed by atoms with Crippen molar-refractivity contribution in [1.29, 1.82) is 0 Å². The molecule has 0 amide bonds. The van der Waals surface area contributed by atoms with Crippen LogP contribution >= 0.6 is 12.4 Å². The largest absolute Gasteiger partial charge is 0.507 e. The molecule has 0 saturated heterocycles. The molecule has 7 N–H and O–H groups in total. The third-order valence-corrected chi connectivity index (χ3v) is 2.85. The van der Waals surface area contributed by atoms with E-state index in [1.54, 1.807) is 0 Å².